The number of hydrogen-bond donors (Lipinski definition) is 5. The number of nitriles is 1. The Balaban J connectivity index is 0. The molecule has 0 unspecified atom stereocenters. The number of allylic oxidation sites excluding steroid dienone is 2. The number of nitrogens with zero attached hydrogens (tertiary/aromatic N) is 2. The van der Waals surface area contributed by atoms with Crippen molar-refractivity contribution in [3.63, 3.8) is 0 Å². The lowest BCUT2D eigenvalue weighted by Gasteiger charge is -2.07. The van der Waals surface area contributed by atoms with Crippen LogP contribution in [0.2, 0.25) is 0 Å². The molecule has 0 radical (unpaired) electrons. The van der Waals surface area contributed by atoms with Crippen molar-refractivity contribution in [1.82, 2.24) is 20.3 Å². The van der Waals surface area contributed by atoms with Gasteiger partial charge in [-0.15, -0.1) is 0 Å². The van der Waals surface area contributed by atoms with Gasteiger partial charge in [0.05, 0.1) is 0 Å². The number of nitrogen functional groups attached to an aromatic ring is 1. The van der Waals surface area contributed by atoms with Crippen LogP contribution in [-0.2, 0) is 14.3 Å². The summed E-state index contributed by atoms with van der Waals surface area (Å²) in [7, 11) is 0. The van der Waals surface area contributed by atoms with Gasteiger partial charge in [0.15, 0.2) is 17.0 Å². The average Bonchev–Trinajstić information content (AvgIpc) is 2.78. The Labute approximate surface area is 227 Å². The van der Waals surface area contributed by atoms with E-state index in [-0.39, 0.29) is 61.9 Å². The molecule has 0 saturated heterocycles. The van der Waals surface area contributed by atoms with Crippen LogP contribution in [0.3, 0.4) is 0 Å². The van der Waals surface area contributed by atoms with Crippen molar-refractivity contribution in [2.75, 3.05) is 24.2 Å². The van der Waals surface area contributed by atoms with Crippen LogP contribution in [0.15, 0.2) is 52.1 Å². The second-order valence-corrected chi connectivity index (χ2v) is 7.91. The highest BCUT2D eigenvalue weighted by Crippen LogP contribution is 2.00. The number of pyridine rings is 1. The number of amides is 2. The minimum absolute atomic E-state index is 0. The molecule has 2 aromatic heterocycles. The fourth-order valence-corrected chi connectivity index (χ4v) is 2.42. The molecule has 39 heavy (non-hydrogen) atoms. The quantitative estimate of drug-likeness (QED) is 0.178. The molecular formula is C26H37N7O6. The SMILES string of the molecule is C.C=C(C)C(=O)CCNC(=O)Nc1cc(=O)cc(C)[nH]1.C=C(C)C(=O)CCOC#N.Cc1cc(=O)[nH]c(N)n1. The Bertz CT molecular complexity index is 1280. The Morgan fingerprint density at radius 3 is 2.13 bits per heavy atom. The number of rotatable bonds is 9. The van der Waals surface area contributed by atoms with E-state index in [1.807, 2.05) is 0 Å². The summed E-state index contributed by atoms with van der Waals surface area (Å²) in [5, 5.41) is 12.9. The third kappa shape index (κ3) is 18.0. The molecule has 13 heteroatoms. The van der Waals surface area contributed by atoms with E-state index in [0.29, 0.717) is 28.4 Å². The van der Waals surface area contributed by atoms with Gasteiger partial charge in [0.2, 0.25) is 5.95 Å². The Morgan fingerprint density at radius 2 is 1.64 bits per heavy atom. The molecule has 13 nitrogen and oxygen atoms in total. The summed E-state index contributed by atoms with van der Waals surface area (Å²) < 4.78 is 4.30. The van der Waals surface area contributed by atoms with Crippen LogP contribution in [0.5, 0.6) is 0 Å². The smallest absolute Gasteiger partial charge is 0.320 e. The number of carbonyl (C=O) groups excluding carboxylic acids is 3. The van der Waals surface area contributed by atoms with Gasteiger partial charge in [-0.25, -0.2) is 9.78 Å². The molecule has 2 heterocycles. The van der Waals surface area contributed by atoms with E-state index < -0.39 is 6.03 Å². The van der Waals surface area contributed by atoms with Crippen molar-refractivity contribution in [3.8, 4) is 6.26 Å². The fourth-order valence-electron chi connectivity index (χ4n) is 2.42. The molecule has 2 rings (SSSR count). The molecule has 0 fully saturated rings. The van der Waals surface area contributed by atoms with E-state index in [4.69, 9.17) is 11.0 Å². The number of ketones is 2. The van der Waals surface area contributed by atoms with Crippen molar-refractivity contribution in [3.05, 3.63) is 74.5 Å². The molecule has 0 bridgehead atoms. The topological polar surface area (TPSA) is 213 Å². The van der Waals surface area contributed by atoms with E-state index in [2.05, 4.69) is 43.5 Å². The van der Waals surface area contributed by atoms with Gasteiger partial charge >= 0.3 is 6.03 Å². The highest BCUT2D eigenvalue weighted by molar-refractivity contribution is 5.95. The molecule has 0 saturated carbocycles. The van der Waals surface area contributed by atoms with Crippen LogP contribution < -0.4 is 27.4 Å². The zero-order valence-corrected chi connectivity index (χ0v) is 21.9. The first-order valence-corrected chi connectivity index (χ1v) is 11.2. The van der Waals surface area contributed by atoms with Crippen LogP contribution in [-0.4, -0.2) is 45.7 Å². The number of aryl methyl sites for hydroxylation is 2. The number of ether oxygens (including phenoxy) is 1. The van der Waals surface area contributed by atoms with Gasteiger partial charge in [0.1, 0.15) is 12.4 Å². The molecule has 0 spiro atoms. The first-order chi connectivity index (χ1) is 17.7. The number of nitrogens with one attached hydrogen (secondary N) is 4. The lowest BCUT2D eigenvalue weighted by molar-refractivity contribution is -0.116. The van der Waals surface area contributed by atoms with Crippen LogP contribution in [0.4, 0.5) is 16.6 Å². The summed E-state index contributed by atoms with van der Waals surface area (Å²) in [6, 6.07) is 3.62. The van der Waals surface area contributed by atoms with Crippen molar-refractivity contribution in [2.24, 2.45) is 0 Å². The maximum atomic E-state index is 11.5. The van der Waals surface area contributed by atoms with Gasteiger partial charge < -0.3 is 20.8 Å². The number of aromatic amines is 2. The highest BCUT2D eigenvalue weighted by atomic mass is 16.5. The van der Waals surface area contributed by atoms with Crippen molar-refractivity contribution >= 4 is 29.4 Å². The molecule has 0 aliphatic heterocycles. The van der Waals surface area contributed by atoms with Crippen molar-refractivity contribution < 1.29 is 19.1 Å². The first kappa shape index (κ1) is 36.2. The lowest BCUT2D eigenvalue weighted by atomic mass is 10.2. The van der Waals surface area contributed by atoms with Crippen LogP contribution in [0.1, 0.15) is 45.5 Å². The Kier molecular flexibility index (Phi) is 17.8. The minimum atomic E-state index is -0.476. The van der Waals surface area contributed by atoms with Gasteiger partial charge in [-0.1, -0.05) is 20.6 Å². The normalized spacial score (nSPS) is 9.00. The second kappa shape index (κ2) is 19.2. The number of H-pyrrole nitrogens is 2. The summed E-state index contributed by atoms with van der Waals surface area (Å²) in [5.74, 6) is 0.327. The molecule has 0 aromatic carbocycles. The minimum Gasteiger partial charge on any atom is -0.427 e. The number of hydrogen-bond acceptors (Lipinski definition) is 9. The highest BCUT2D eigenvalue weighted by Gasteiger charge is 2.06. The number of anilines is 2. The second-order valence-electron chi connectivity index (χ2n) is 7.91. The summed E-state index contributed by atoms with van der Waals surface area (Å²) >= 11 is 0. The predicted octanol–water partition coefficient (Wildman–Crippen LogP) is 2.66. The zero-order chi connectivity index (χ0) is 29.3. The molecule has 2 aromatic rings. The van der Waals surface area contributed by atoms with Gasteiger partial charge in [0.25, 0.3) is 11.8 Å². The van der Waals surface area contributed by atoms with Gasteiger partial charge in [-0.3, -0.25) is 29.5 Å². The van der Waals surface area contributed by atoms with Crippen LogP contribution in [0.25, 0.3) is 0 Å². The first-order valence-electron chi connectivity index (χ1n) is 11.2. The largest absolute Gasteiger partial charge is 0.427 e. The Morgan fingerprint density at radius 1 is 1.05 bits per heavy atom. The van der Waals surface area contributed by atoms with Gasteiger partial charge in [-0.05, 0) is 38.8 Å². The van der Waals surface area contributed by atoms with Gasteiger partial charge in [0, 0.05) is 49.0 Å². The maximum absolute atomic E-state index is 11.5. The summed E-state index contributed by atoms with van der Waals surface area (Å²) in [6.07, 6.45) is 1.92. The van der Waals surface area contributed by atoms with Crippen LogP contribution >= 0.6 is 0 Å². The molecule has 6 N–H and O–H groups in total. The average molecular weight is 544 g/mol. The van der Waals surface area contributed by atoms with E-state index in [0.717, 1.165) is 0 Å². The summed E-state index contributed by atoms with van der Waals surface area (Å²) in [5.41, 5.74) is 7.05. The van der Waals surface area contributed by atoms with E-state index >= 15 is 0 Å². The third-order valence-corrected chi connectivity index (χ3v) is 4.20. The number of aromatic nitrogens is 3. The van der Waals surface area contributed by atoms with E-state index in [1.165, 1.54) is 24.5 Å². The number of carbonyl (C=O) groups is 3. The molecular weight excluding hydrogens is 506 g/mol. The van der Waals surface area contributed by atoms with Crippen molar-refractivity contribution in [2.45, 2.75) is 48.0 Å². The van der Waals surface area contributed by atoms with Gasteiger partial charge in [-0.2, -0.15) is 5.26 Å². The lowest BCUT2D eigenvalue weighted by Crippen LogP contribution is -2.31. The van der Waals surface area contributed by atoms with Crippen molar-refractivity contribution in [1.29, 1.82) is 5.26 Å². The summed E-state index contributed by atoms with van der Waals surface area (Å²) in [4.78, 5) is 64.2. The summed E-state index contributed by atoms with van der Waals surface area (Å²) in [6.45, 7) is 14.0. The number of urea groups is 1. The number of Topliss-reactive ketones (excluding diaryl/α,β-unsaturated/α-hetero) is 2. The zero-order valence-electron chi connectivity index (χ0n) is 21.9. The fraction of sp³-hybridized carbons (Fsp3) is 0.346. The third-order valence-electron chi connectivity index (χ3n) is 4.20. The molecule has 0 atom stereocenters. The van der Waals surface area contributed by atoms with Crippen LogP contribution in [0, 0.1) is 25.4 Å². The maximum Gasteiger partial charge on any atom is 0.320 e. The molecule has 0 aliphatic rings. The van der Waals surface area contributed by atoms with E-state index in [1.54, 1.807) is 27.7 Å². The monoisotopic (exact) mass is 543 g/mol. The molecule has 2 amide bonds. The molecule has 0 aliphatic carbocycles. The predicted molar refractivity (Wildman–Crippen MR) is 150 cm³/mol. The standard InChI is InChI=1S/C13H17N3O3.C7H9NO2.C5H7N3O.CH4/c1-8(2)11(18)4-5-14-13(19)16-12-7-10(17)6-9(3)15-12;1-6(2)7(9)3-4-10-5-8;1-3-2-4(9)8-5(6)7-3;/h6-7H,1,4-5H2,2-3H3,(H3,14,15,16,17,19);1,3-4H2,2H3;2H,1H3,(H3,6,7,8,9);1H4. The number of nitrogens with two attached hydrogens (primary N) is 1. The molecule has 212 valence electrons. The Hall–Kier alpha value is -4.99. The van der Waals surface area contributed by atoms with E-state index in [9.17, 15) is 24.0 Å².